The number of para-hydroxylation sites is 1. The van der Waals surface area contributed by atoms with Gasteiger partial charge in [0.05, 0.1) is 19.8 Å². The van der Waals surface area contributed by atoms with Gasteiger partial charge in [-0.05, 0) is 36.8 Å². The number of carbonyl (C=O) groups is 2. The molecule has 0 radical (unpaired) electrons. The topological polar surface area (TPSA) is 96.3 Å². The van der Waals surface area contributed by atoms with Gasteiger partial charge in [-0.1, -0.05) is 24.3 Å². The van der Waals surface area contributed by atoms with Crippen molar-refractivity contribution in [2.45, 2.75) is 13.0 Å². The van der Waals surface area contributed by atoms with Gasteiger partial charge in [-0.25, -0.2) is 4.79 Å². The Morgan fingerprint density at radius 3 is 2.48 bits per heavy atom. The molecule has 1 aliphatic heterocycles. The SMILES string of the molecule is CCOC(=O)C1=C(O)C(=O)N(c2ccccc2)[C@@H]1c1ccc(O)c(OC)c1. The highest BCUT2D eigenvalue weighted by atomic mass is 16.5. The number of ether oxygens (including phenoxy) is 2. The minimum atomic E-state index is -0.923. The van der Waals surface area contributed by atoms with Crippen LogP contribution >= 0.6 is 0 Å². The molecular formula is C20H19NO6. The molecule has 0 aliphatic carbocycles. The molecule has 0 unspecified atom stereocenters. The first-order chi connectivity index (χ1) is 13.0. The summed E-state index contributed by atoms with van der Waals surface area (Å²) in [5, 5.41) is 20.3. The van der Waals surface area contributed by atoms with E-state index in [1.807, 2.05) is 0 Å². The number of aliphatic hydroxyl groups excluding tert-OH is 1. The number of rotatable bonds is 5. The summed E-state index contributed by atoms with van der Waals surface area (Å²) in [6, 6.07) is 12.2. The highest BCUT2D eigenvalue weighted by molar-refractivity contribution is 6.15. The van der Waals surface area contributed by atoms with Crippen molar-refractivity contribution < 1.29 is 29.3 Å². The fourth-order valence-electron chi connectivity index (χ4n) is 3.06. The van der Waals surface area contributed by atoms with Crippen molar-refractivity contribution in [2.24, 2.45) is 0 Å². The summed E-state index contributed by atoms with van der Waals surface area (Å²) in [6.07, 6.45) is 0. The first kappa shape index (κ1) is 18.3. The Bertz CT molecular complexity index is 906. The summed E-state index contributed by atoms with van der Waals surface area (Å²) in [6.45, 7) is 1.74. The molecule has 0 fully saturated rings. The largest absolute Gasteiger partial charge is 0.504 e. The Labute approximate surface area is 156 Å². The number of amides is 1. The number of aliphatic hydroxyl groups is 1. The Kier molecular flexibility index (Phi) is 5.03. The van der Waals surface area contributed by atoms with Gasteiger partial charge in [0.15, 0.2) is 17.3 Å². The molecule has 7 nitrogen and oxygen atoms in total. The molecule has 140 valence electrons. The predicted molar refractivity (Wildman–Crippen MR) is 97.6 cm³/mol. The van der Waals surface area contributed by atoms with Crippen LogP contribution in [0.5, 0.6) is 11.5 Å². The number of methoxy groups -OCH3 is 1. The average Bonchev–Trinajstić information content (AvgIpc) is 2.94. The fourth-order valence-corrected chi connectivity index (χ4v) is 3.06. The quantitative estimate of drug-likeness (QED) is 0.787. The first-order valence-corrected chi connectivity index (χ1v) is 8.35. The number of anilines is 1. The summed E-state index contributed by atoms with van der Waals surface area (Å²) < 4.78 is 10.2. The van der Waals surface area contributed by atoms with Crippen LogP contribution in [0.2, 0.25) is 0 Å². The minimum absolute atomic E-state index is 0.0808. The maximum Gasteiger partial charge on any atom is 0.340 e. The molecular weight excluding hydrogens is 350 g/mol. The van der Waals surface area contributed by atoms with Crippen molar-refractivity contribution in [1.82, 2.24) is 0 Å². The zero-order valence-corrected chi connectivity index (χ0v) is 14.9. The standard InChI is InChI=1S/C20H19NO6/c1-3-27-20(25)16-17(12-9-10-14(22)15(11-12)26-2)21(19(24)18(16)23)13-7-5-4-6-8-13/h4-11,17,22-23H,3H2,1-2H3/t17-/m1/s1. The molecule has 1 aliphatic rings. The number of phenolic OH excluding ortho intramolecular Hbond substituents is 1. The van der Waals surface area contributed by atoms with Crippen molar-refractivity contribution >= 4 is 17.6 Å². The molecule has 27 heavy (non-hydrogen) atoms. The Balaban J connectivity index is 2.18. The molecule has 2 aromatic rings. The molecule has 0 bridgehead atoms. The predicted octanol–water partition coefficient (Wildman–Crippen LogP) is 2.86. The number of hydrogen-bond donors (Lipinski definition) is 2. The molecule has 7 heteroatoms. The van der Waals surface area contributed by atoms with E-state index in [4.69, 9.17) is 9.47 Å². The van der Waals surface area contributed by atoms with Crippen molar-refractivity contribution in [3.05, 3.63) is 65.4 Å². The molecule has 0 saturated carbocycles. The Morgan fingerprint density at radius 1 is 1.15 bits per heavy atom. The van der Waals surface area contributed by atoms with Crippen LogP contribution < -0.4 is 9.64 Å². The van der Waals surface area contributed by atoms with Crippen molar-refractivity contribution in [3.8, 4) is 11.5 Å². The number of carbonyl (C=O) groups excluding carboxylic acids is 2. The van der Waals surface area contributed by atoms with Crippen LogP contribution in [0.4, 0.5) is 5.69 Å². The molecule has 3 rings (SSSR count). The van der Waals surface area contributed by atoms with E-state index >= 15 is 0 Å². The van der Waals surface area contributed by atoms with Crippen LogP contribution in [0, 0.1) is 0 Å². The summed E-state index contributed by atoms with van der Waals surface area (Å²) in [4.78, 5) is 26.6. The van der Waals surface area contributed by atoms with E-state index in [0.29, 0.717) is 11.3 Å². The van der Waals surface area contributed by atoms with Crippen LogP contribution in [-0.2, 0) is 14.3 Å². The van der Waals surface area contributed by atoms with Gasteiger partial charge < -0.3 is 19.7 Å². The summed E-state index contributed by atoms with van der Waals surface area (Å²) in [5.74, 6) is -2.04. The number of esters is 1. The second-order valence-electron chi connectivity index (χ2n) is 5.83. The maximum absolute atomic E-state index is 12.8. The van der Waals surface area contributed by atoms with E-state index in [-0.39, 0.29) is 23.7 Å². The number of nitrogens with zero attached hydrogens (tertiary/aromatic N) is 1. The maximum atomic E-state index is 12.8. The first-order valence-electron chi connectivity index (χ1n) is 8.35. The van der Waals surface area contributed by atoms with E-state index < -0.39 is 23.7 Å². The number of aromatic hydroxyl groups is 1. The Hall–Kier alpha value is -3.48. The molecule has 1 heterocycles. The van der Waals surface area contributed by atoms with Crippen LogP contribution in [-0.4, -0.2) is 35.8 Å². The summed E-state index contributed by atoms with van der Waals surface area (Å²) >= 11 is 0. The number of hydrogen-bond acceptors (Lipinski definition) is 6. The van der Waals surface area contributed by atoms with Gasteiger partial charge in [0.1, 0.15) is 5.57 Å². The third kappa shape index (κ3) is 3.19. The van der Waals surface area contributed by atoms with Gasteiger partial charge in [0.2, 0.25) is 0 Å². The van der Waals surface area contributed by atoms with E-state index in [0.717, 1.165) is 0 Å². The highest BCUT2D eigenvalue weighted by Gasteiger charge is 2.45. The minimum Gasteiger partial charge on any atom is -0.504 e. The lowest BCUT2D eigenvalue weighted by Crippen LogP contribution is -2.31. The lowest BCUT2D eigenvalue weighted by atomic mass is 9.98. The van der Waals surface area contributed by atoms with Crippen molar-refractivity contribution in [1.29, 1.82) is 0 Å². The number of benzene rings is 2. The van der Waals surface area contributed by atoms with E-state index in [1.165, 1.54) is 24.1 Å². The molecule has 1 atom stereocenters. The average molecular weight is 369 g/mol. The second-order valence-corrected chi connectivity index (χ2v) is 5.83. The van der Waals surface area contributed by atoms with Gasteiger partial charge >= 0.3 is 5.97 Å². The van der Waals surface area contributed by atoms with Gasteiger partial charge in [-0.3, -0.25) is 9.69 Å². The normalized spacial score (nSPS) is 16.6. The van der Waals surface area contributed by atoms with Gasteiger partial charge in [0, 0.05) is 5.69 Å². The third-order valence-electron chi connectivity index (χ3n) is 4.26. The highest BCUT2D eigenvalue weighted by Crippen LogP contribution is 2.42. The molecule has 2 N–H and O–H groups in total. The van der Waals surface area contributed by atoms with Crippen LogP contribution in [0.1, 0.15) is 18.5 Å². The van der Waals surface area contributed by atoms with Crippen molar-refractivity contribution in [2.75, 3.05) is 18.6 Å². The van der Waals surface area contributed by atoms with Crippen LogP contribution in [0.25, 0.3) is 0 Å². The molecule has 0 aromatic heterocycles. The van der Waals surface area contributed by atoms with Crippen molar-refractivity contribution in [3.63, 3.8) is 0 Å². The summed E-state index contributed by atoms with van der Waals surface area (Å²) in [7, 11) is 1.40. The van der Waals surface area contributed by atoms with Crippen LogP contribution in [0.3, 0.4) is 0 Å². The number of phenols is 1. The van der Waals surface area contributed by atoms with Gasteiger partial charge in [-0.15, -0.1) is 0 Å². The Morgan fingerprint density at radius 2 is 1.85 bits per heavy atom. The van der Waals surface area contributed by atoms with Gasteiger partial charge in [0.25, 0.3) is 5.91 Å². The zero-order chi connectivity index (χ0) is 19.6. The molecule has 2 aromatic carbocycles. The van der Waals surface area contributed by atoms with E-state index in [9.17, 15) is 19.8 Å². The monoisotopic (exact) mass is 369 g/mol. The molecule has 0 saturated heterocycles. The lowest BCUT2D eigenvalue weighted by molar-refractivity contribution is -0.139. The van der Waals surface area contributed by atoms with Crippen LogP contribution in [0.15, 0.2) is 59.9 Å². The second kappa shape index (κ2) is 7.41. The summed E-state index contributed by atoms with van der Waals surface area (Å²) in [5.41, 5.74) is 0.831. The fraction of sp³-hybridized carbons (Fsp3) is 0.200. The van der Waals surface area contributed by atoms with E-state index in [2.05, 4.69) is 0 Å². The van der Waals surface area contributed by atoms with Gasteiger partial charge in [-0.2, -0.15) is 0 Å². The molecule has 0 spiro atoms. The zero-order valence-electron chi connectivity index (χ0n) is 14.9. The smallest absolute Gasteiger partial charge is 0.340 e. The lowest BCUT2D eigenvalue weighted by Gasteiger charge is -2.27. The molecule has 1 amide bonds. The van der Waals surface area contributed by atoms with E-state index in [1.54, 1.807) is 43.3 Å². The third-order valence-corrected chi connectivity index (χ3v) is 4.26.